The van der Waals surface area contributed by atoms with Gasteiger partial charge in [-0.1, -0.05) is 13.8 Å². The van der Waals surface area contributed by atoms with Crippen molar-refractivity contribution in [3.8, 4) is 0 Å². The zero-order valence-electron chi connectivity index (χ0n) is 16.2. The standard InChI is InChI=1S/C18H30N4O5/c1-10(2)14(20-15(23)11(3)19)17(25)21-8-4-6-12(21)16(24)22-9-5-7-13(22)18(26)27/h10-14H,4-9,19H2,1-3H3,(H,20,23)(H,26,27)/t11-,12-,13-,14-/m0/s1. The van der Waals surface area contributed by atoms with E-state index in [9.17, 15) is 24.3 Å². The van der Waals surface area contributed by atoms with Gasteiger partial charge in [0.2, 0.25) is 17.7 Å². The van der Waals surface area contributed by atoms with Crippen molar-refractivity contribution in [3.05, 3.63) is 0 Å². The first-order chi connectivity index (χ1) is 12.6. The third-order valence-corrected chi connectivity index (χ3v) is 5.29. The number of hydrogen-bond donors (Lipinski definition) is 3. The van der Waals surface area contributed by atoms with Crippen molar-refractivity contribution in [1.82, 2.24) is 15.1 Å². The predicted molar refractivity (Wildman–Crippen MR) is 97.5 cm³/mol. The maximum atomic E-state index is 13.1. The zero-order valence-corrected chi connectivity index (χ0v) is 16.2. The molecule has 0 radical (unpaired) electrons. The molecule has 0 spiro atoms. The summed E-state index contributed by atoms with van der Waals surface area (Å²) in [7, 11) is 0. The molecule has 0 unspecified atom stereocenters. The molecular formula is C18H30N4O5. The second kappa shape index (κ2) is 8.69. The Labute approximate surface area is 159 Å². The summed E-state index contributed by atoms with van der Waals surface area (Å²) < 4.78 is 0. The van der Waals surface area contributed by atoms with Gasteiger partial charge in [0.15, 0.2) is 0 Å². The lowest BCUT2D eigenvalue weighted by Gasteiger charge is -2.33. The molecule has 0 aromatic heterocycles. The fourth-order valence-corrected chi connectivity index (χ4v) is 3.74. The van der Waals surface area contributed by atoms with Gasteiger partial charge in [-0.05, 0) is 38.5 Å². The molecule has 9 nitrogen and oxygen atoms in total. The monoisotopic (exact) mass is 382 g/mol. The molecule has 0 saturated carbocycles. The topological polar surface area (TPSA) is 133 Å². The van der Waals surface area contributed by atoms with Gasteiger partial charge in [-0.3, -0.25) is 14.4 Å². The molecule has 9 heteroatoms. The van der Waals surface area contributed by atoms with Crippen molar-refractivity contribution in [2.75, 3.05) is 13.1 Å². The van der Waals surface area contributed by atoms with E-state index >= 15 is 0 Å². The van der Waals surface area contributed by atoms with Gasteiger partial charge in [-0.25, -0.2) is 4.79 Å². The Kier molecular flexibility index (Phi) is 6.80. The minimum Gasteiger partial charge on any atom is -0.480 e. The SMILES string of the molecule is CC(C)[C@H](NC(=O)[C@H](C)N)C(=O)N1CCC[C@H]1C(=O)N1CCC[C@H]1C(=O)O. The Balaban J connectivity index is 2.15. The molecule has 2 saturated heterocycles. The highest BCUT2D eigenvalue weighted by Crippen LogP contribution is 2.26. The molecule has 2 rings (SSSR count). The van der Waals surface area contributed by atoms with Crippen molar-refractivity contribution < 1.29 is 24.3 Å². The van der Waals surface area contributed by atoms with Crippen LogP contribution in [0.2, 0.25) is 0 Å². The number of likely N-dealkylation sites (tertiary alicyclic amines) is 2. The van der Waals surface area contributed by atoms with E-state index in [0.29, 0.717) is 38.8 Å². The molecule has 0 aromatic rings. The molecule has 152 valence electrons. The molecular weight excluding hydrogens is 352 g/mol. The normalized spacial score (nSPS) is 24.8. The summed E-state index contributed by atoms with van der Waals surface area (Å²) in [6.45, 7) is 5.98. The number of amides is 3. The summed E-state index contributed by atoms with van der Waals surface area (Å²) in [5.74, 6) is -2.24. The van der Waals surface area contributed by atoms with Gasteiger partial charge in [-0.2, -0.15) is 0 Å². The maximum absolute atomic E-state index is 13.1. The Bertz CT molecular complexity index is 607. The quantitative estimate of drug-likeness (QED) is 0.569. The second-order valence-electron chi connectivity index (χ2n) is 7.74. The van der Waals surface area contributed by atoms with Crippen molar-refractivity contribution in [3.63, 3.8) is 0 Å². The van der Waals surface area contributed by atoms with E-state index in [2.05, 4.69) is 5.32 Å². The number of hydrogen-bond acceptors (Lipinski definition) is 5. The number of rotatable bonds is 6. The second-order valence-corrected chi connectivity index (χ2v) is 7.74. The van der Waals surface area contributed by atoms with E-state index < -0.39 is 36.0 Å². The predicted octanol–water partition coefficient (Wildman–Crippen LogP) is -0.459. The Morgan fingerprint density at radius 2 is 1.56 bits per heavy atom. The first-order valence-electron chi connectivity index (χ1n) is 9.54. The summed E-state index contributed by atoms with van der Waals surface area (Å²) >= 11 is 0. The van der Waals surface area contributed by atoms with Crippen LogP contribution in [0, 0.1) is 5.92 Å². The molecule has 0 bridgehead atoms. The molecule has 3 amide bonds. The van der Waals surface area contributed by atoms with Crippen LogP contribution in [-0.4, -0.2) is 75.9 Å². The molecule has 27 heavy (non-hydrogen) atoms. The highest BCUT2D eigenvalue weighted by molar-refractivity contribution is 5.94. The number of aliphatic carboxylic acids is 1. The molecule has 2 heterocycles. The van der Waals surface area contributed by atoms with E-state index in [0.717, 1.165) is 0 Å². The first kappa shape index (κ1) is 21.1. The van der Waals surface area contributed by atoms with Gasteiger partial charge < -0.3 is 26.0 Å². The minimum atomic E-state index is -1.01. The smallest absolute Gasteiger partial charge is 0.326 e. The van der Waals surface area contributed by atoms with Crippen LogP contribution in [0.5, 0.6) is 0 Å². The van der Waals surface area contributed by atoms with Gasteiger partial charge >= 0.3 is 5.97 Å². The van der Waals surface area contributed by atoms with Crippen LogP contribution in [0.4, 0.5) is 0 Å². The lowest BCUT2D eigenvalue weighted by molar-refractivity contribution is -0.152. The number of carboxylic acids is 1. The van der Waals surface area contributed by atoms with E-state index in [1.165, 1.54) is 9.80 Å². The van der Waals surface area contributed by atoms with Crippen molar-refractivity contribution in [1.29, 1.82) is 0 Å². The average Bonchev–Trinajstić information content (AvgIpc) is 3.26. The summed E-state index contributed by atoms with van der Waals surface area (Å²) in [5.41, 5.74) is 5.59. The van der Waals surface area contributed by atoms with Crippen LogP contribution < -0.4 is 11.1 Å². The van der Waals surface area contributed by atoms with E-state index in [1.807, 2.05) is 13.8 Å². The van der Waals surface area contributed by atoms with Gasteiger partial charge in [0.1, 0.15) is 18.1 Å². The van der Waals surface area contributed by atoms with Gasteiger partial charge in [0.25, 0.3) is 0 Å². The van der Waals surface area contributed by atoms with E-state index in [1.54, 1.807) is 6.92 Å². The van der Waals surface area contributed by atoms with Crippen molar-refractivity contribution in [2.24, 2.45) is 11.7 Å². The van der Waals surface area contributed by atoms with Crippen molar-refractivity contribution >= 4 is 23.7 Å². The lowest BCUT2D eigenvalue weighted by Crippen LogP contribution is -2.57. The molecule has 4 N–H and O–H groups in total. The number of nitrogens with zero attached hydrogens (tertiary/aromatic N) is 2. The van der Waals surface area contributed by atoms with Crippen LogP contribution >= 0.6 is 0 Å². The number of carbonyl (C=O) groups is 4. The number of nitrogens with two attached hydrogens (primary N) is 1. The van der Waals surface area contributed by atoms with Crippen LogP contribution in [-0.2, 0) is 19.2 Å². The molecule has 2 aliphatic rings. The number of carbonyl (C=O) groups excluding carboxylic acids is 3. The van der Waals surface area contributed by atoms with E-state index in [4.69, 9.17) is 5.73 Å². The summed E-state index contributed by atoms with van der Waals surface area (Å²) in [5, 5.41) is 12.0. The largest absolute Gasteiger partial charge is 0.480 e. The van der Waals surface area contributed by atoms with E-state index in [-0.39, 0.29) is 17.7 Å². The van der Waals surface area contributed by atoms with Gasteiger partial charge in [0, 0.05) is 13.1 Å². The maximum Gasteiger partial charge on any atom is 0.326 e. The number of carboxylic acid groups (broad SMARTS) is 1. The third kappa shape index (κ3) is 4.58. The van der Waals surface area contributed by atoms with Crippen LogP contribution in [0.3, 0.4) is 0 Å². The lowest BCUT2D eigenvalue weighted by atomic mass is 10.0. The van der Waals surface area contributed by atoms with Gasteiger partial charge in [0.05, 0.1) is 6.04 Å². The fourth-order valence-electron chi connectivity index (χ4n) is 3.74. The van der Waals surface area contributed by atoms with Crippen molar-refractivity contribution in [2.45, 2.75) is 70.6 Å². The zero-order chi connectivity index (χ0) is 20.3. The van der Waals surface area contributed by atoms with Crippen LogP contribution in [0.1, 0.15) is 46.5 Å². The molecule has 4 atom stereocenters. The highest BCUT2D eigenvalue weighted by Gasteiger charge is 2.43. The first-order valence-corrected chi connectivity index (χ1v) is 9.54. The molecule has 0 aliphatic carbocycles. The summed E-state index contributed by atoms with van der Waals surface area (Å²) in [6.07, 6.45) is 2.24. The Hall–Kier alpha value is -2.16. The molecule has 0 aromatic carbocycles. The summed E-state index contributed by atoms with van der Waals surface area (Å²) in [6, 6.07) is -3.01. The number of nitrogens with one attached hydrogen (secondary N) is 1. The fraction of sp³-hybridized carbons (Fsp3) is 0.778. The molecule has 2 aliphatic heterocycles. The molecule has 2 fully saturated rings. The average molecular weight is 382 g/mol. The Morgan fingerprint density at radius 3 is 2.07 bits per heavy atom. The summed E-state index contributed by atoms with van der Waals surface area (Å²) in [4.78, 5) is 52.3. The van der Waals surface area contributed by atoms with Gasteiger partial charge in [-0.15, -0.1) is 0 Å². The third-order valence-electron chi connectivity index (χ3n) is 5.29. The minimum absolute atomic E-state index is 0.171. The Morgan fingerprint density at radius 1 is 1.00 bits per heavy atom. The van der Waals surface area contributed by atoms with Crippen LogP contribution in [0.25, 0.3) is 0 Å². The highest BCUT2D eigenvalue weighted by atomic mass is 16.4. The van der Waals surface area contributed by atoms with Crippen LogP contribution in [0.15, 0.2) is 0 Å².